The van der Waals surface area contributed by atoms with Gasteiger partial charge in [0.2, 0.25) is 0 Å². The molecule has 0 saturated carbocycles. The number of carbonyl (C=O) groups is 1. The third-order valence-corrected chi connectivity index (χ3v) is 4.42. The van der Waals surface area contributed by atoms with E-state index in [4.69, 9.17) is 0 Å². The number of hydrogen-bond donors (Lipinski definition) is 0. The summed E-state index contributed by atoms with van der Waals surface area (Å²) < 4.78 is 14.7. The summed E-state index contributed by atoms with van der Waals surface area (Å²) in [6.07, 6.45) is 0. The summed E-state index contributed by atoms with van der Waals surface area (Å²) in [7, 11) is 0. The molecule has 0 spiro atoms. The van der Waals surface area contributed by atoms with Gasteiger partial charge >= 0.3 is 0 Å². The summed E-state index contributed by atoms with van der Waals surface area (Å²) in [5, 5.41) is 15.4. The minimum Gasteiger partial charge on any atom is -0.338 e. The number of nitro benzene ring substituents is 1. The number of carbonyl (C=O) groups excluding carboxylic acids is 1. The van der Waals surface area contributed by atoms with Crippen LogP contribution in [0.1, 0.15) is 24.3 Å². The van der Waals surface area contributed by atoms with Gasteiger partial charge in [-0.3, -0.25) is 14.9 Å². The Morgan fingerprint density at radius 2 is 1.71 bits per heavy atom. The fourth-order valence-electron chi connectivity index (χ4n) is 2.88. The van der Waals surface area contributed by atoms with Crippen molar-refractivity contribution < 1.29 is 14.1 Å². The number of nitro groups is 1. The molecule has 0 N–H and O–H groups in total. The van der Waals surface area contributed by atoms with Crippen molar-refractivity contribution in [1.29, 1.82) is 0 Å². The van der Waals surface area contributed by atoms with E-state index in [1.807, 2.05) is 13.8 Å². The summed E-state index contributed by atoms with van der Waals surface area (Å²) in [5.74, 6) is -0.567. The molecule has 0 atom stereocenters. The lowest BCUT2D eigenvalue weighted by Crippen LogP contribution is -2.32. The molecule has 3 aromatic rings. The summed E-state index contributed by atoms with van der Waals surface area (Å²) >= 11 is 0. The molecule has 0 radical (unpaired) electrons. The van der Waals surface area contributed by atoms with Crippen molar-refractivity contribution in [3.63, 3.8) is 0 Å². The summed E-state index contributed by atoms with van der Waals surface area (Å²) in [6.45, 7) is 4.84. The third kappa shape index (κ3) is 3.75. The molecule has 0 aliphatic rings. The van der Waals surface area contributed by atoms with E-state index < -0.39 is 4.92 Å². The summed E-state index contributed by atoms with van der Waals surface area (Å²) in [4.78, 5) is 25.0. The van der Waals surface area contributed by atoms with Gasteiger partial charge < -0.3 is 4.90 Å². The van der Waals surface area contributed by atoms with Gasteiger partial charge in [0.15, 0.2) is 0 Å². The maximum atomic E-state index is 13.2. The van der Waals surface area contributed by atoms with Crippen LogP contribution in [0.4, 0.5) is 10.1 Å². The lowest BCUT2D eigenvalue weighted by atomic mass is 10.1. The smallest absolute Gasteiger partial charge is 0.272 e. The van der Waals surface area contributed by atoms with Gasteiger partial charge in [0.05, 0.1) is 16.3 Å². The number of benzene rings is 2. The largest absolute Gasteiger partial charge is 0.338 e. The normalized spacial score (nSPS) is 10.7. The van der Waals surface area contributed by atoms with Crippen molar-refractivity contribution in [1.82, 2.24) is 14.7 Å². The topological polar surface area (TPSA) is 81.3 Å². The predicted octanol–water partition coefficient (Wildman–Crippen LogP) is 4.07. The number of nitrogens with zero attached hydrogens (tertiary/aromatic N) is 4. The first-order valence-electron chi connectivity index (χ1n) is 8.84. The number of non-ortho nitro benzene ring substituents is 1. The maximum absolute atomic E-state index is 13.2. The lowest BCUT2D eigenvalue weighted by molar-refractivity contribution is -0.384. The van der Waals surface area contributed by atoms with Gasteiger partial charge in [-0.15, -0.1) is 0 Å². The first-order chi connectivity index (χ1) is 13.4. The van der Waals surface area contributed by atoms with Crippen molar-refractivity contribution in [3.8, 4) is 16.9 Å². The van der Waals surface area contributed by atoms with Gasteiger partial charge in [-0.1, -0.05) is 0 Å². The fraction of sp³-hybridized carbons (Fsp3) is 0.200. The molecule has 8 heteroatoms. The predicted molar refractivity (Wildman–Crippen MR) is 103 cm³/mol. The van der Waals surface area contributed by atoms with E-state index in [0.717, 1.165) is 0 Å². The standard InChI is InChI=1S/C20H19FN4O3/c1-3-23(4-2)20(26)19-13-18(14-5-7-15(21)8-6-14)22-24(19)16-9-11-17(12-10-16)25(27)28/h5-13H,3-4H2,1-2H3. The van der Waals surface area contributed by atoms with Crippen LogP contribution in [0.15, 0.2) is 54.6 Å². The number of amides is 1. The monoisotopic (exact) mass is 382 g/mol. The molecular weight excluding hydrogens is 363 g/mol. The molecule has 1 heterocycles. The highest BCUT2D eigenvalue weighted by atomic mass is 19.1. The fourth-order valence-corrected chi connectivity index (χ4v) is 2.88. The molecule has 1 amide bonds. The van der Waals surface area contributed by atoms with Gasteiger partial charge in [-0.2, -0.15) is 5.10 Å². The van der Waals surface area contributed by atoms with Crippen LogP contribution < -0.4 is 0 Å². The molecule has 0 unspecified atom stereocenters. The molecule has 0 fully saturated rings. The molecule has 1 aromatic heterocycles. The average Bonchev–Trinajstić information content (AvgIpc) is 3.15. The highest BCUT2D eigenvalue weighted by Gasteiger charge is 2.21. The zero-order valence-corrected chi connectivity index (χ0v) is 15.5. The molecule has 0 aliphatic heterocycles. The Bertz CT molecular complexity index is 993. The van der Waals surface area contributed by atoms with Gasteiger partial charge in [-0.05, 0) is 56.3 Å². The van der Waals surface area contributed by atoms with Crippen LogP contribution in [0.5, 0.6) is 0 Å². The Hall–Kier alpha value is -3.55. The quantitative estimate of drug-likeness (QED) is 0.475. The minimum atomic E-state index is -0.487. The molecular formula is C20H19FN4O3. The van der Waals surface area contributed by atoms with Crippen molar-refractivity contribution in [2.75, 3.05) is 13.1 Å². The van der Waals surface area contributed by atoms with Crippen LogP contribution in [0.3, 0.4) is 0 Å². The molecule has 2 aromatic carbocycles. The van der Waals surface area contributed by atoms with E-state index in [2.05, 4.69) is 5.10 Å². The summed E-state index contributed by atoms with van der Waals surface area (Å²) in [5.41, 5.74) is 1.97. The molecule has 0 bridgehead atoms. The first kappa shape index (κ1) is 19.2. The third-order valence-electron chi connectivity index (χ3n) is 4.42. The second-order valence-electron chi connectivity index (χ2n) is 6.08. The SMILES string of the molecule is CCN(CC)C(=O)c1cc(-c2ccc(F)cc2)nn1-c1ccc([N+](=O)[O-])cc1. The zero-order chi connectivity index (χ0) is 20.3. The molecule has 0 saturated heterocycles. The molecule has 28 heavy (non-hydrogen) atoms. The number of aromatic nitrogens is 2. The van der Waals surface area contributed by atoms with Crippen LogP contribution in [0.2, 0.25) is 0 Å². The van der Waals surface area contributed by atoms with E-state index in [1.54, 1.807) is 35.2 Å². The first-order valence-corrected chi connectivity index (χ1v) is 8.84. The van der Waals surface area contributed by atoms with Gasteiger partial charge in [-0.25, -0.2) is 9.07 Å². The number of rotatable bonds is 6. The van der Waals surface area contributed by atoms with Crippen LogP contribution in [0, 0.1) is 15.9 Å². The van der Waals surface area contributed by atoms with Crippen LogP contribution >= 0.6 is 0 Å². The van der Waals surface area contributed by atoms with E-state index in [9.17, 15) is 19.3 Å². The van der Waals surface area contributed by atoms with Crippen molar-refractivity contribution >= 4 is 11.6 Å². The van der Waals surface area contributed by atoms with Crippen LogP contribution in [0.25, 0.3) is 16.9 Å². The maximum Gasteiger partial charge on any atom is 0.272 e. The molecule has 3 rings (SSSR count). The average molecular weight is 382 g/mol. The van der Waals surface area contributed by atoms with E-state index >= 15 is 0 Å². The highest BCUT2D eigenvalue weighted by Crippen LogP contribution is 2.24. The van der Waals surface area contributed by atoms with Crippen LogP contribution in [-0.4, -0.2) is 38.6 Å². The Kier molecular flexibility index (Phi) is 5.49. The van der Waals surface area contributed by atoms with Crippen molar-refractivity contribution in [3.05, 3.63) is 76.2 Å². The number of hydrogen-bond acceptors (Lipinski definition) is 4. The second-order valence-corrected chi connectivity index (χ2v) is 6.08. The van der Waals surface area contributed by atoms with Crippen molar-refractivity contribution in [2.24, 2.45) is 0 Å². The summed E-state index contributed by atoms with van der Waals surface area (Å²) in [6, 6.07) is 13.3. The zero-order valence-electron chi connectivity index (χ0n) is 15.5. The molecule has 0 aliphatic carbocycles. The molecule has 144 valence electrons. The van der Waals surface area contributed by atoms with E-state index in [1.165, 1.54) is 28.9 Å². The van der Waals surface area contributed by atoms with Gasteiger partial charge in [0, 0.05) is 30.8 Å². The van der Waals surface area contributed by atoms with Crippen LogP contribution in [-0.2, 0) is 0 Å². The van der Waals surface area contributed by atoms with E-state index in [0.29, 0.717) is 35.7 Å². The Morgan fingerprint density at radius 1 is 1.11 bits per heavy atom. The van der Waals surface area contributed by atoms with E-state index in [-0.39, 0.29) is 17.4 Å². The second kappa shape index (κ2) is 7.99. The minimum absolute atomic E-state index is 0.0497. The Labute approximate surface area is 161 Å². The molecule has 7 nitrogen and oxygen atoms in total. The number of halogens is 1. The van der Waals surface area contributed by atoms with Crippen molar-refractivity contribution in [2.45, 2.75) is 13.8 Å². The van der Waals surface area contributed by atoms with Gasteiger partial charge in [0.25, 0.3) is 11.6 Å². The lowest BCUT2D eigenvalue weighted by Gasteiger charge is -2.19. The highest BCUT2D eigenvalue weighted by molar-refractivity contribution is 5.94. The van der Waals surface area contributed by atoms with Gasteiger partial charge in [0.1, 0.15) is 11.5 Å². The Balaban J connectivity index is 2.11. The Morgan fingerprint density at radius 3 is 2.25 bits per heavy atom.